The van der Waals surface area contributed by atoms with Crippen molar-refractivity contribution >= 4 is 38.1 Å². The summed E-state index contributed by atoms with van der Waals surface area (Å²) in [6.45, 7) is 1.16. The Labute approximate surface area is 105 Å². The molecule has 0 aliphatic carbocycles. The third-order valence-electron chi connectivity index (χ3n) is 1.71. The van der Waals surface area contributed by atoms with Crippen molar-refractivity contribution in [2.75, 3.05) is 20.3 Å². The lowest BCUT2D eigenvalue weighted by molar-refractivity contribution is 0.208. The Morgan fingerprint density at radius 2 is 2.20 bits per heavy atom. The van der Waals surface area contributed by atoms with Gasteiger partial charge in [-0.25, -0.2) is 0 Å². The molecule has 0 bridgehead atoms. The summed E-state index contributed by atoms with van der Waals surface area (Å²) in [6, 6.07) is 3.58. The van der Waals surface area contributed by atoms with Crippen LogP contribution in [0, 0.1) is 0 Å². The highest BCUT2D eigenvalue weighted by Crippen LogP contribution is 2.30. The van der Waals surface area contributed by atoms with Crippen LogP contribution >= 0.6 is 31.9 Å². The molecule has 15 heavy (non-hydrogen) atoms. The van der Waals surface area contributed by atoms with Crippen LogP contribution in [0.5, 0.6) is 5.75 Å². The second kappa shape index (κ2) is 6.25. The van der Waals surface area contributed by atoms with E-state index in [-0.39, 0.29) is 5.75 Å². The van der Waals surface area contributed by atoms with Gasteiger partial charge in [0.25, 0.3) is 0 Å². The van der Waals surface area contributed by atoms with E-state index in [1.165, 1.54) is 0 Å². The van der Waals surface area contributed by atoms with Crippen LogP contribution in [-0.4, -0.2) is 31.6 Å². The zero-order valence-corrected chi connectivity index (χ0v) is 11.4. The number of nitrogens with zero attached hydrogens (tertiary/aromatic N) is 1. The van der Waals surface area contributed by atoms with Crippen LogP contribution in [0.15, 0.2) is 26.1 Å². The van der Waals surface area contributed by atoms with Gasteiger partial charge in [-0.2, -0.15) is 0 Å². The fourth-order valence-corrected chi connectivity index (χ4v) is 2.25. The van der Waals surface area contributed by atoms with E-state index in [2.05, 4.69) is 36.9 Å². The molecule has 0 unspecified atom stereocenters. The molecule has 1 aromatic rings. The summed E-state index contributed by atoms with van der Waals surface area (Å²) in [6.07, 6.45) is 1.63. The van der Waals surface area contributed by atoms with Crippen molar-refractivity contribution in [3.05, 3.63) is 26.6 Å². The minimum Gasteiger partial charge on any atom is -0.506 e. The molecule has 0 aromatic heterocycles. The van der Waals surface area contributed by atoms with Crippen molar-refractivity contribution in [2.45, 2.75) is 0 Å². The number of aromatic hydroxyl groups is 1. The van der Waals surface area contributed by atoms with Crippen LogP contribution in [0.4, 0.5) is 0 Å². The first-order chi connectivity index (χ1) is 7.15. The summed E-state index contributed by atoms with van der Waals surface area (Å²) >= 11 is 6.60. The third kappa shape index (κ3) is 3.93. The first-order valence-electron chi connectivity index (χ1n) is 4.32. The number of methoxy groups -OCH3 is 1. The van der Waals surface area contributed by atoms with Crippen molar-refractivity contribution in [1.29, 1.82) is 0 Å². The zero-order valence-electron chi connectivity index (χ0n) is 8.20. The lowest BCUT2D eigenvalue weighted by atomic mass is 10.2. The average Bonchev–Trinajstić information content (AvgIpc) is 2.19. The molecule has 5 heteroatoms. The second-order valence-corrected chi connectivity index (χ2v) is 4.62. The van der Waals surface area contributed by atoms with Crippen LogP contribution in [0.25, 0.3) is 0 Å². The Balaban J connectivity index is 2.80. The van der Waals surface area contributed by atoms with Gasteiger partial charge in [0.1, 0.15) is 5.75 Å². The van der Waals surface area contributed by atoms with Gasteiger partial charge in [0, 0.05) is 23.4 Å². The van der Waals surface area contributed by atoms with Gasteiger partial charge in [0.2, 0.25) is 0 Å². The van der Waals surface area contributed by atoms with Gasteiger partial charge >= 0.3 is 0 Å². The van der Waals surface area contributed by atoms with Gasteiger partial charge in [-0.15, -0.1) is 0 Å². The molecule has 1 N–H and O–H groups in total. The Hall–Kier alpha value is -0.390. The maximum Gasteiger partial charge on any atom is 0.138 e. The first-order valence-corrected chi connectivity index (χ1v) is 5.90. The fourth-order valence-electron chi connectivity index (χ4n) is 0.991. The molecule has 0 fully saturated rings. The van der Waals surface area contributed by atoms with E-state index < -0.39 is 0 Å². The second-order valence-electron chi connectivity index (χ2n) is 2.85. The number of aliphatic imine (C=N–C) groups is 1. The number of ether oxygens (including phenoxy) is 1. The first kappa shape index (κ1) is 12.7. The van der Waals surface area contributed by atoms with Crippen LogP contribution in [0.3, 0.4) is 0 Å². The minimum atomic E-state index is 0.194. The molecular weight excluding hydrogens is 326 g/mol. The molecule has 1 rings (SSSR count). The molecule has 0 saturated carbocycles. The van der Waals surface area contributed by atoms with Crippen molar-refractivity contribution in [2.24, 2.45) is 4.99 Å². The molecular formula is C10H11Br2NO2. The summed E-state index contributed by atoms with van der Waals surface area (Å²) in [5.74, 6) is 0.194. The average molecular weight is 337 g/mol. The quantitative estimate of drug-likeness (QED) is 0.678. The fraction of sp³-hybridized carbons (Fsp3) is 0.300. The summed E-state index contributed by atoms with van der Waals surface area (Å²) < 4.78 is 6.40. The molecule has 0 heterocycles. The Kier molecular flexibility index (Phi) is 5.28. The van der Waals surface area contributed by atoms with E-state index >= 15 is 0 Å². The van der Waals surface area contributed by atoms with E-state index in [4.69, 9.17) is 4.74 Å². The van der Waals surface area contributed by atoms with E-state index in [1.807, 2.05) is 0 Å². The number of benzene rings is 1. The summed E-state index contributed by atoms with van der Waals surface area (Å²) in [5.41, 5.74) is 0.673. The molecule has 0 amide bonds. The predicted octanol–water partition coefficient (Wildman–Crippen LogP) is 2.98. The van der Waals surface area contributed by atoms with Gasteiger partial charge < -0.3 is 9.84 Å². The predicted molar refractivity (Wildman–Crippen MR) is 67.8 cm³/mol. The van der Waals surface area contributed by atoms with Crippen LogP contribution in [0.1, 0.15) is 5.56 Å². The minimum absolute atomic E-state index is 0.194. The molecule has 0 aliphatic heterocycles. The smallest absolute Gasteiger partial charge is 0.138 e. The Bertz CT molecular complexity index is 367. The maximum atomic E-state index is 9.69. The van der Waals surface area contributed by atoms with Gasteiger partial charge in [0.15, 0.2) is 0 Å². The third-order valence-corrected chi connectivity index (χ3v) is 2.77. The van der Waals surface area contributed by atoms with E-state index in [1.54, 1.807) is 25.5 Å². The molecule has 3 nitrogen and oxygen atoms in total. The molecule has 0 saturated heterocycles. The summed E-state index contributed by atoms with van der Waals surface area (Å²) in [4.78, 5) is 4.12. The van der Waals surface area contributed by atoms with Gasteiger partial charge in [-0.3, -0.25) is 4.99 Å². The monoisotopic (exact) mass is 335 g/mol. The number of phenolic OH excluding ortho intramolecular Hbond substituents is 1. The summed E-state index contributed by atoms with van der Waals surface area (Å²) in [7, 11) is 1.63. The van der Waals surface area contributed by atoms with Crippen LogP contribution in [0.2, 0.25) is 0 Å². The van der Waals surface area contributed by atoms with Crippen molar-refractivity contribution in [3.8, 4) is 5.75 Å². The van der Waals surface area contributed by atoms with E-state index in [9.17, 15) is 5.11 Å². The van der Waals surface area contributed by atoms with Gasteiger partial charge in [0.05, 0.1) is 17.6 Å². The zero-order chi connectivity index (χ0) is 11.3. The largest absolute Gasteiger partial charge is 0.506 e. The SMILES string of the molecule is COCCN=Cc1cc(Br)cc(Br)c1O. The van der Waals surface area contributed by atoms with E-state index in [0.717, 1.165) is 4.47 Å². The molecule has 82 valence electrons. The molecule has 1 aromatic carbocycles. The van der Waals surface area contributed by atoms with Crippen LogP contribution < -0.4 is 0 Å². The van der Waals surface area contributed by atoms with Crippen molar-refractivity contribution in [3.63, 3.8) is 0 Å². The number of rotatable bonds is 4. The number of halogens is 2. The molecule has 0 atom stereocenters. The van der Waals surface area contributed by atoms with Crippen molar-refractivity contribution in [1.82, 2.24) is 0 Å². The molecule has 0 radical (unpaired) electrons. The summed E-state index contributed by atoms with van der Waals surface area (Å²) in [5, 5.41) is 9.69. The highest BCUT2D eigenvalue weighted by molar-refractivity contribution is 9.11. The van der Waals surface area contributed by atoms with Gasteiger partial charge in [-0.05, 0) is 28.1 Å². The number of hydrogen-bond donors (Lipinski definition) is 1. The van der Waals surface area contributed by atoms with Crippen LogP contribution in [-0.2, 0) is 4.74 Å². The topological polar surface area (TPSA) is 41.8 Å². The maximum absolute atomic E-state index is 9.69. The van der Waals surface area contributed by atoms with Gasteiger partial charge in [-0.1, -0.05) is 15.9 Å². The Morgan fingerprint density at radius 1 is 1.47 bits per heavy atom. The number of hydrogen-bond acceptors (Lipinski definition) is 3. The molecule has 0 aliphatic rings. The normalized spacial score (nSPS) is 11.1. The lowest BCUT2D eigenvalue weighted by Gasteiger charge is -2.02. The highest BCUT2D eigenvalue weighted by Gasteiger charge is 2.04. The van der Waals surface area contributed by atoms with Crippen molar-refractivity contribution < 1.29 is 9.84 Å². The lowest BCUT2D eigenvalue weighted by Crippen LogP contribution is -1.93. The van der Waals surface area contributed by atoms with E-state index in [0.29, 0.717) is 23.2 Å². The standard InChI is InChI=1S/C10H11Br2NO2/c1-15-3-2-13-6-7-4-8(11)5-9(12)10(7)14/h4-6,14H,2-3H2,1H3. The highest BCUT2D eigenvalue weighted by atomic mass is 79.9. The molecule has 0 spiro atoms. The number of phenols is 1. The Morgan fingerprint density at radius 3 is 2.87 bits per heavy atom.